The number of hydrazone groups is 1. The van der Waals surface area contributed by atoms with Gasteiger partial charge in [-0.25, -0.2) is 9.78 Å². The van der Waals surface area contributed by atoms with Gasteiger partial charge in [-0.2, -0.15) is 54.0 Å². The van der Waals surface area contributed by atoms with Crippen LogP contribution in [-0.2, 0) is 50.1 Å². The van der Waals surface area contributed by atoms with Crippen molar-refractivity contribution in [1.29, 1.82) is 0 Å². The number of carbonyl (C=O) groups excluding carboxylic acids is 1. The third-order valence-electron chi connectivity index (χ3n) is 11.7. The number of fused-ring (bicyclic) bond motifs is 4. The number of azo groups is 3. The van der Waals surface area contributed by atoms with Crippen molar-refractivity contribution in [2.75, 3.05) is 19.2 Å². The number of aromatic nitrogens is 2. The van der Waals surface area contributed by atoms with E-state index in [-0.39, 0.29) is 83.9 Å². The molecule has 7 aromatic carbocycles. The van der Waals surface area contributed by atoms with E-state index in [0.717, 1.165) is 35.3 Å². The van der Waals surface area contributed by atoms with E-state index in [1.54, 1.807) is 0 Å². The van der Waals surface area contributed by atoms with Crippen LogP contribution >= 0.6 is 0 Å². The number of rotatable bonds is 15. The highest BCUT2D eigenvalue weighted by molar-refractivity contribution is 7.86. The standard InChI is InChI=1S/C46H34N10O18S4/c1-21-16-34(35(74-3)20-36(21)76(64,65)66)52-54-41-42(46(59)60)55-56(45(41)58)23-6-4-22(5-7-23)44-47-33-13-11-27-29(39(33)48-44)19-38(78(70,71)72)40(43(27)57)53-50-31-15-14-30(26-10-9-25(18-28(26)31)75(61,62)63)49-51-32-12-8-24(73-2)17-37(32)77(67,68)69/h4-20,41,57H,1-3H3,(H,47,48)(H,59,60)(H,61,62,63)(H,64,65,66)(H,67,68,69)(H,70,71,72). The lowest BCUT2D eigenvalue weighted by molar-refractivity contribution is -0.130. The minimum Gasteiger partial charge on any atom is -0.505 e. The number of nitrogens with zero attached hydrogens (tertiary/aromatic N) is 9. The molecule has 0 saturated heterocycles. The molecule has 1 aliphatic heterocycles. The molecule has 400 valence electrons. The Morgan fingerprint density at radius 3 is 1.88 bits per heavy atom. The summed E-state index contributed by atoms with van der Waals surface area (Å²) in [6.07, 6.45) is 0. The maximum absolute atomic E-state index is 13.6. The third-order valence-corrected chi connectivity index (χ3v) is 15.3. The van der Waals surface area contributed by atoms with E-state index in [9.17, 15) is 71.7 Å². The minimum atomic E-state index is -5.24. The Balaban J connectivity index is 1.04. The highest BCUT2D eigenvalue weighted by atomic mass is 32.2. The number of carboxylic acid groups (broad SMARTS) is 1. The average molecular weight is 1140 g/mol. The summed E-state index contributed by atoms with van der Waals surface area (Å²) < 4.78 is 148. The molecule has 9 rings (SSSR count). The van der Waals surface area contributed by atoms with Crippen molar-refractivity contribution in [3.05, 3.63) is 109 Å². The van der Waals surface area contributed by atoms with Crippen molar-refractivity contribution >= 4 is 125 Å². The lowest BCUT2D eigenvalue weighted by Gasteiger charge is -2.13. The summed E-state index contributed by atoms with van der Waals surface area (Å²) in [5.74, 6) is -3.26. The maximum atomic E-state index is 13.6. The van der Waals surface area contributed by atoms with Gasteiger partial charge in [0, 0.05) is 39.2 Å². The Hall–Kier alpha value is -9.02. The van der Waals surface area contributed by atoms with Crippen LogP contribution < -0.4 is 14.5 Å². The number of imidazole rings is 1. The van der Waals surface area contributed by atoms with Crippen LogP contribution in [0.5, 0.6) is 17.2 Å². The molecule has 32 heteroatoms. The molecule has 1 amide bonds. The summed E-state index contributed by atoms with van der Waals surface area (Å²) >= 11 is 0. The van der Waals surface area contributed by atoms with Gasteiger partial charge >= 0.3 is 5.97 Å². The molecule has 1 unspecified atom stereocenters. The number of carbonyl (C=O) groups is 2. The number of amides is 1. The van der Waals surface area contributed by atoms with Crippen LogP contribution in [0.2, 0.25) is 0 Å². The molecule has 1 atom stereocenters. The highest BCUT2D eigenvalue weighted by Gasteiger charge is 2.41. The van der Waals surface area contributed by atoms with E-state index in [0.29, 0.717) is 5.56 Å². The predicted molar refractivity (Wildman–Crippen MR) is 274 cm³/mol. The van der Waals surface area contributed by atoms with Crippen LogP contribution in [0.4, 0.5) is 34.1 Å². The van der Waals surface area contributed by atoms with Gasteiger partial charge in [0.25, 0.3) is 46.4 Å². The van der Waals surface area contributed by atoms with Gasteiger partial charge in [0.1, 0.15) is 49.1 Å². The smallest absolute Gasteiger partial charge is 0.355 e. The summed E-state index contributed by atoms with van der Waals surface area (Å²) in [5, 5.41) is 50.2. The molecule has 28 nitrogen and oxygen atoms in total. The molecular weight excluding hydrogens is 1110 g/mol. The monoisotopic (exact) mass is 1140 g/mol. The fourth-order valence-electron chi connectivity index (χ4n) is 8.03. The molecule has 0 saturated carbocycles. The van der Waals surface area contributed by atoms with Crippen LogP contribution in [0.1, 0.15) is 5.56 Å². The Bertz CT molecular complexity index is 4510. The lowest BCUT2D eigenvalue weighted by Crippen LogP contribution is -2.33. The number of aromatic amines is 1. The summed E-state index contributed by atoms with van der Waals surface area (Å²) in [6.45, 7) is 1.35. The number of aryl methyl sites for hydroxylation is 1. The van der Waals surface area contributed by atoms with Crippen molar-refractivity contribution in [2.45, 2.75) is 32.5 Å². The Labute approximate surface area is 438 Å². The normalized spacial score (nSPS) is 14.7. The number of nitrogens with one attached hydrogen (secondary N) is 1. The number of carboxylic acids is 1. The molecule has 0 spiro atoms. The topological polar surface area (TPSA) is 429 Å². The highest BCUT2D eigenvalue weighted by Crippen LogP contribution is 2.45. The third kappa shape index (κ3) is 10.3. The largest absolute Gasteiger partial charge is 0.505 e. The van der Waals surface area contributed by atoms with Crippen molar-refractivity contribution in [2.24, 2.45) is 35.8 Å². The van der Waals surface area contributed by atoms with Crippen molar-refractivity contribution in [3.8, 4) is 28.6 Å². The molecule has 1 aliphatic rings. The average Bonchev–Trinajstić information content (AvgIpc) is 4.07. The zero-order valence-electron chi connectivity index (χ0n) is 39.6. The van der Waals surface area contributed by atoms with Gasteiger partial charge in [0.2, 0.25) is 6.04 Å². The molecular formula is C46H34N10O18S4. The summed E-state index contributed by atoms with van der Waals surface area (Å²) in [7, 11) is -17.1. The zero-order valence-corrected chi connectivity index (χ0v) is 42.9. The predicted octanol–water partition coefficient (Wildman–Crippen LogP) is 8.32. The number of hydrogen-bond donors (Lipinski definition) is 7. The Morgan fingerprint density at radius 1 is 0.628 bits per heavy atom. The number of phenols is 1. The van der Waals surface area contributed by atoms with Gasteiger partial charge < -0.3 is 24.7 Å². The first-order chi connectivity index (χ1) is 36.7. The SMILES string of the molecule is COc1ccc(N=Nc2ccc(N=Nc3c(S(=O)(=O)O)cc4c(ccc5nc(-c6ccc(N7N=C(C(=O)O)C(N=Nc8cc(C)c(S(=O)(=O)O)cc8OC)C7=O)cc6)[nH]c54)c3O)c3cc(S(=O)(=O)O)ccc23)c(S(=O)(=O)O)c1. The first-order valence-corrected chi connectivity index (χ1v) is 27.4. The Kier molecular flexibility index (Phi) is 13.7. The molecule has 8 aromatic rings. The quantitative estimate of drug-likeness (QED) is 0.0374. The number of benzene rings is 7. The van der Waals surface area contributed by atoms with E-state index < -0.39 is 95.1 Å². The van der Waals surface area contributed by atoms with E-state index in [2.05, 4.69) is 45.8 Å². The van der Waals surface area contributed by atoms with Crippen molar-refractivity contribution in [3.63, 3.8) is 0 Å². The fraction of sp³-hybridized carbons (Fsp3) is 0.0870. The molecule has 0 fully saturated rings. The summed E-state index contributed by atoms with van der Waals surface area (Å²) in [5.41, 5.74) is -1.24. The number of phenolic OH excluding ortho intramolecular Hbond substituents is 1. The van der Waals surface area contributed by atoms with Crippen LogP contribution in [0.3, 0.4) is 0 Å². The molecule has 0 aliphatic carbocycles. The second-order valence-electron chi connectivity index (χ2n) is 16.6. The van der Waals surface area contributed by atoms with Gasteiger partial charge in [-0.15, -0.1) is 20.5 Å². The molecule has 7 N–H and O–H groups in total. The van der Waals surface area contributed by atoms with Gasteiger partial charge in [0.05, 0.1) is 47.2 Å². The zero-order chi connectivity index (χ0) is 56.4. The first kappa shape index (κ1) is 53.8. The number of hydrogen-bond acceptors (Lipinski definition) is 21. The number of H-pyrrole nitrogens is 1. The number of aromatic hydroxyl groups is 1. The van der Waals surface area contributed by atoms with Crippen molar-refractivity contribution < 1.29 is 81.2 Å². The second kappa shape index (κ2) is 19.8. The first-order valence-electron chi connectivity index (χ1n) is 21.7. The maximum Gasteiger partial charge on any atom is 0.355 e. The molecule has 0 radical (unpaired) electrons. The van der Waals surface area contributed by atoms with Crippen LogP contribution in [0.25, 0.3) is 44.0 Å². The lowest BCUT2D eigenvalue weighted by atomic mass is 10.1. The number of ether oxygens (including phenoxy) is 2. The minimum absolute atomic E-state index is 0.0134. The molecule has 78 heavy (non-hydrogen) atoms. The van der Waals surface area contributed by atoms with E-state index in [1.165, 1.54) is 93.9 Å². The molecule has 2 heterocycles. The summed E-state index contributed by atoms with van der Waals surface area (Å²) in [4.78, 5) is 30.7. The van der Waals surface area contributed by atoms with Crippen LogP contribution in [0.15, 0.2) is 158 Å². The van der Waals surface area contributed by atoms with Crippen LogP contribution in [-0.4, -0.2) is 110 Å². The molecule has 1 aromatic heterocycles. The van der Waals surface area contributed by atoms with Gasteiger partial charge in [-0.1, -0.05) is 6.07 Å². The van der Waals surface area contributed by atoms with Gasteiger partial charge in [-0.05, 0) is 97.4 Å². The van der Waals surface area contributed by atoms with Gasteiger partial charge in [0.15, 0.2) is 11.5 Å². The van der Waals surface area contributed by atoms with E-state index >= 15 is 0 Å². The second-order valence-corrected chi connectivity index (χ2v) is 22.1. The fourth-order valence-corrected chi connectivity index (χ4v) is 10.5. The number of methoxy groups -OCH3 is 2. The van der Waals surface area contributed by atoms with E-state index in [1.807, 2.05) is 0 Å². The number of anilines is 1. The van der Waals surface area contributed by atoms with Gasteiger partial charge in [-0.3, -0.25) is 23.0 Å². The molecule has 0 bridgehead atoms. The van der Waals surface area contributed by atoms with Crippen LogP contribution in [0, 0.1) is 6.92 Å². The van der Waals surface area contributed by atoms with E-state index in [4.69, 9.17) is 9.47 Å². The summed E-state index contributed by atoms with van der Waals surface area (Å²) in [6, 6.07) is 19.2. The Morgan fingerprint density at radius 2 is 1.26 bits per heavy atom. The van der Waals surface area contributed by atoms with Crippen molar-refractivity contribution in [1.82, 2.24) is 9.97 Å². The number of aliphatic carboxylic acids is 1.